The Balaban J connectivity index is 1.39. The number of rotatable bonds is 6. The minimum atomic E-state index is -0.266. The number of H-pyrrole nitrogens is 2. The summed E-state index contributed by atoms with van der Waals surface area (Å²) in [7, 11) is 3.68. The molecule has 0 unspecified atom stereocenters. The van der Waals surface area contributed by atoms with E-state index in [0.29, 0.717) is 16.9 Å². The first-order valence-corrected chi connectivity index (χ1v) is 12.1. The summed E-state index contributed by atoms with van der Waals surface area (Å²) in [5, 5.41) is 12.1. The Hall–Kier alpha value is -4.89. The third-order valence-corrected chi connectivity index (χ3v) is 6.32. The lowest BCUT2D eigenvalue weighted by molar-refractivity contribution is -0.116. The molecule has 0 aliphatic carbocycles. The lowest BCUT2D eigenvalue weighted by atomic mass is 10.0. The number of aromatic nitrogens is 5. The number of amides is 1. The molecule has 0 fully saturated rings. The summed E-state index contributed by atoms with van der Waals surface area (Å²) in [4.78, 5) is 26.3. The number of likely N-dealkylation sites (N-methyl/N-ethyl adjacent to an activating group) is 1. The molecule has 4 heterocycles. The van der Waals surface area contributed by atoms with Crippen molar-refractivity contribution in [1.82, 2.24) is 30.0 Å². The summed E-state index contributed by atoms with van der Waals surface area (Å²) in [6.45, 7) is 0.277. The van der Waals surface area contributed by atoms with Crippen molar-refractivity contribution in [2.45, 2.75) is 0 Å². The van der Waals surface area contributed by atoms with Crippen molar-refractivity contribution >= 4 is 33.5 Å². The van der Waals surface area contributed by atoms with Crippen LogP contribution < -0.4 is 5.32 Å². The van der Waals surface area contributed by atoms with Crippen molar-refractivity contribution in [3.8, 4) is 33.6 Å². The molecule has 9 heteroatoms. The molecule has 0 atom stereocenters. The number of pyridine rings is 2. The molecular formula is C29H24FN7O. The molecule has 4 aromatic heterocycles. The van der Waals surface area contributed by atoms with Gasteiger partial charge < -0.3 is 15.2 Å². The zero-order valence-corrected chi connectivity index (χ0v) is 20.8. The summed E-state index contributed by atoms with van der Waals surface area (Å²) < 4.78 is 14.6. The quantitative estimate of drug-likeness (QED) is 0.278. The number of nitrogens with one attached hydrogen (secondary N) is 3. The number of hydrogen-bond donors (Lipinski definition) is 3. The van der Waals surface area contributed by atoms with E-state index >= 15 is 0 Å². The number of aromatic amines is 2. The second-order valence-corrected chi connectivity index (χ2v) is 9.37. The van der Waals surface area contributed by atoms with E-state index in [0.717, 1.165) is 44.4 Å². The number of fused-ring (bicyclic) bond motifs is 2. The van der Waals surface area contributed by atoms with E-state index in [-0.39, 0.29) is 18.3 Å². The van der Waals surface area contributed by atoms with Gasteiger partial charge in [0.1, 0.15) is 5.82 Å². The van der Waals surface area contributed by atoms with E-state index in [4.69, 9.17) is 0 Å². The molecule has 8 nitrogen and oxygen atoms in total. The summed E-state index contributed by atoms with van der Waals surface area (Å²) in [5.74, 6) is -0.384. The van der Waals surface area contributed by atoms with E-state index < -0.39 is 0 Å². The molecule has 1 amide bonds. The number of anilines is 1. The van der Waals surface area contributed by atoms with Gasteiger partial charge in [-0.1, -0.05) is 30.3 Å². The van der Waals surface area contributed by atoms with E-state index in [9.17, 15) is 9.18 Å². The van der Waals surface area contributed by atoms with Crippen LogP contribution in [0.3, 0.4) is 0 Å². The second kappa shape index (κ2) is 9.53. The van der Waals surface area contributed by atoms with Crippen molar-refractivity contribution in [3.05, 3.63) is 85.1 Å². The maximum absolute atomic E-state index is 14.6. The molecule has 0 radical (unpaired) electrons. The van der Waals surface area contributed by atoms with E-state index in [1.54, 1.807) is 35.6 Å². The van der Waals surface area contributed by atoms with Gasteiger partial charge in [-0.3, -0.25) is 14.9 Å². The maximum Gasteiger partial charge on any atom is 0.238 e. The molecule has 0 bridgehead atoms. The molecule has 188 valence electrons. The van der Waals surface area contributed by atoms with Crippen LogP contribution in [0.2, 0.25) is 0 Å². The van der Waals surface area contributed by atoms with Gasteiger partial charge in [-0.2, -0.15) is 5.10 Å². The molecule has 3 N–H and O–H groups in total. The molecule has 0 aliphatic rings. The highest BCUT2D eigenvalue weighted by molar-refractivity contribution is 6.01. The Morgan fingerprint density at radius 2 is 1.76 bits per heavy atom. The fourth-order valence-electron chi connectivity index (χ4n) is 4.62. The summed E-state index contributed by atoms with van der Waals surface area (Å²) in [6.07, 6.45) is 5.08. The zero-order chi connectivity index (χ0) is 26.2. The van der Waals surface area contributed by atoms with Gasteiger partial charge in [-0.15, -0.1) is 0 Å². The first kappa shape index (κ1) is 23.5. The topological polar surface area (TPSA) is 103 Å². The Kier molecular flexibility index (Phi) is 5.89. The van der Waals surface area contributed by atoms with Gasteiger partial charge in [0, 0.05) is 45.4 Å². The van der Waals surface area contributed by atoms with E-state index in [1.165, 1.54) is 6.07 Å². The van der Waals surface area contributed by atoms with Gasteiger partial charge in [0.25, 0.3) is 0 Å². The summed E-state index contributed by atoms with van der Waals surface area (Å²) in [5.41, 5.74) is 6.65. The van der Waals surface area contributed by atoms with E-state index in [2.05, 4.69) is 30.5 Å². The predicted octanol–water partition coefficient (Wildman–Crippen LogP) is 5.47. The average Bonchev–Trinajstić information content (AvgIpc) is 3.52. The first-order chi connectivity index (χ1) is 18.5. The van der Waals surface area contributed by atoms with Gasteiger partial charge in [0.05, 0.1) is 29.8 Å². The minimum Gasteiger partial charge on any atom is -0.353 e. The van der Waals surface area contributed by atoms with Crippen LogP contribution in [0.1, 0.15) is 0 Å². The lowest BCUT2D eigenvalue weighted by Gasteiger charge is -2.10. The number of carbonyl (C=O) groups is 1. The largest absolute Gasteiger partial charge is 0.353 e. The first-order valence-electron chi connectivity index (χ1n) is 12.1. The molecule has 0 aliphatic heterocycles. The molecule has 0 spiro atoms. The second-order valence-electron chi connectivity index (χ2n) is 9.37. The standard InChI is InChI=1S/C29H24FN7O/c1-37(2)16-27(38)33-19-10-17(13-31-15-19)18-11-23-28(35-36-29(23)32-14-18)26-12-22-20(7-5-9-25(22)34-26)21-6-3-4-8-24(21)30/h3-15,34H,16H2,1-2H3,(H,33,38)(H,32,35,36). The maximum atomic E-state index is 14.6. The number of benzene rings is 2. The smallest absolute Gasteiger partial charge is 0.238 e. The molecule has 6 aromatic rings. The van der Waals surface area contributed by atoms with Crippen LogP contribution in [0.4, 0.5) is 10.1 Å². The normalized spacial score (nSPS) is 11.5. The third kappa shape index (κ3) is 4.39. The number of hydrogen-bond acceptors (Lipinski definition) is 5. The third-order valence-electron chi connectivity index (χ3n) is 6.32. The van der Waals surface area contributed by atoms with Crippen LogP contribution in [-0.4, -0.2) is 56.6 Å². The Labute approximate surface area is 217 Å². The monoisotopic (exact) mass is 505 g/mol. The summed E-state index contributed by atoms with van der Waals surface area (Å²) >= 11 is 0. The SMILES string of the molecule is CN(C)CC(=O)Nc1cncc(-c2cnc3n[nH]c(-c4cc5c(-c6ccccc6F)cccc5[nH]4)c3c2)c1. The Bertz CT molecular complexity index is 1800. The average molecular weight is 506 g/mol. The molecule has 38 heavy (non-hydrogen) atoms. The van der Waals surface area contributed by atoms with E-state index in [1.807, 2.05) is 56.6 Å². The predicted molar refractivity (Wildman–Crippen MR) is 147 cm³/mol. The van der Waals surface area contributed by atoms with Crippen molar-refractivity contribution in [1.29, 1.82) is 0 Å². The molecule has 6 rings (SSSR count). The fourth-order valence-corrected chi connectivity index (χ4v) is 4.62. The van der Waals surface area contributed by atoms with Gasteiger partial charge in [0.15, 0.2) is 5.65 Å². The van der Waals surface area contributed by atoms with Crippen LogP contribution in [-0.2, 0) is 4.79 Å². The van der Waals surface area contributed by atoms with Crippen molar-refractivity contribution < 1.29 is 9.18 Å². The molecule has 0 saturated carbocycles. The number of halogens is 1. The fraction of sp³-hybridized carbons (Fsp3) is 0.103. The number of nitrogens with zero attached hydrogens (tertiary/aromatic N) is 4. The van der Waals surface area contributed by atoms with Crippen LogP contribution in [0.25, 0.3) is 55.6 Å². The highest BCUT2D eigenvalue weighted by Gasteiger charge is 2.16. The van der Waals surface area contributed by atoms with Gasteiger partial charge in [0.2, 0.25) is 5.91 Å². The van der Waals surface area contributed by atoms with Crippen LogP contribution in [0.15, 0.2) is 79.3 Å². The molecule has 2 aromatic carbocycles. The Morgan fingerprint density at radius 3 is 2.61 bits per heavy atom. The van der Waals surface area contributed by atoms with Gasteiger partial charge in [-0.05, 0) is 50.0 Å². The van der Waals surface area contributed by atoms with Crippen LogP contribution in [0, 0.1) is 5.82 Å². The summed E-state index contributed by atoms with van der Waals surface area (Å²) in [6, 6.07) is 18.4. The Morgan fingerprint density at radius 1 is 0.947 bits per heavy atom. The molecule has 0 saturated heterocycles. The van der Waals surface area contributed by atoms with Crippen LogP contribution in [0.5, 0.6) is 0 Å². The minimum absolute atomic E-state index is 0.117. The van der Waals surface area contributed by atoms with Crippen molar-refractivity contribution in [2.75, 3.05) is 26.0 Å². The highest BCUT2D eigenvalue weighted by atomic mass is 19.1. The van der Waals surface area contributed by atoms with Crippen molar-refractivity contribution in [2.24, 2.45) is 0 Å². The van der Waals surface area contributed by atoms with Gasteiger partial charge in [-0.25, -0.2) is 9.37 Å². The highest BCUT2D eigenvalue weighted by Crippen LogP contribution is 2.35. The lowest BCUT2D eigenvalue weighted by Crippen LogP contribution is -2.27. The van der Waals surface area contributed by atoms with Gasteiger partial charge >= 0.3 is 0 Å². The zero-order valence-electron chi connectivity index (χ0n) is 20.8. The number of carbonyl (C=O) groups excluding carboxylic acids is 1. The van der Waals surface area contributed by atoms with Crippen LogP contribution >= 0.6 is 0 Å². The molecular weight excluding hydrogens is 481 g/mol. The van der Waals surface area contributed by atoms with Crippen molar-refractivity contribution in [3.63, 3.8) is 0 Å².